The molecule has 1 aliphatic heterocycles. The fraction of sp³-hybridized carbons (Fsp3) is 0.476. The number of hydrogen-bond acceptors (Lipinski definition) is 5. The molecule has 1 aromatic carbocycles. The van der Waals surface area contributed by atoms with Gasteiger partial charge in [0.1, 0.15) is 12.4 Å². The van der Waals surface area contributed by atoms with Gasteiger partial charge in [0.25, 0.3) is 5.91 Å². The molecule has 2 N–H and O–H groups in total. The summed E-state index contributed by atoms with van der Waals surface area (Å²) in [4.78, 5) is 14.7. The van der Waals surface area contributed by atoms with Crippen LogP contribution in [-0.2, 0) is 0 Å². The zero-order chi connectivity index (χ0) is 19.5. The molecule has 1 saturated heterocycles. The highest BCUT2D eigenvalue weighted by molar-refractivity contribution is 6.29. The molecule has 1 saturated carbocycles. The monoisotopic (exact) mass is 404 g/mol. The largest absolute Gasteiger partial charge is 0.492 e. The summed E-state index contributed by atoms with van der Waals surface area (Å²) in [6, 6.07) is 12.6. The molecule has 2 fully saturated rings. The minimum Gasteiger partial charge on any atom is -0.492 e. The highest BCUT2D eigenvalue weighted by atomic mass is 35.5. The van der Waals surface area contributed by atoms with E-state index in [1.54, 1.807) is 6.07 Å². The van der Waals surface area contributed by atoms with E-state index in [1.165, 1.54) is 6.07 Å². The maximum atomic E-state index is 12.3. The Morgan fingerprint density at radius 2 is 1.93 bits per heavy atom. The molecule has 1 aliphatic carbocycles. The molecule has 0 spiro atoms. The number of benzene rings is 1. The van der Waals surface area contributed by atoms with Crippen molar-refractivity contribution in [3.8, 4) is 5.75 Å². The van der Waals surface area contributed by atoms with Gasteiger partial charge >= 0.3 is 0 Å². The molecule has 7 heteroatoms. The van der Waals surface area contributed by atoms with Crippen LogP contribution in [0.1, 0.15) is 23.4 Å². The van der Waals surface area contributed by atoms with Crippen molar-refractivity contribution in [1.82, 2.24) is 10.2 Å². The molecule has 1 aromatic heterocycles. The van der Waals surface area contributed by atoms with E-state index in [2.05, 4.69) is 10.2 Å². The summed E-state index contributed by atoms with van der Waals surface area (Å²) in [5, 5.41) is 13.6. The number of amides is 1. The van der Waals surface area contributed by atoms with E-state index < -0.39 is 6.10 Å². The van der Waals surface area contributed by atoms with Crippen LogP contribution in [-0.4, -0.2) is 54.3 Å². The molecule has 0 unspecified atom stereocenters. The number of nitrogens with one attached hydrogen (secondary N) is 1. The normalized spacial score (nSPS) is 27.4. The fourth-order valence-electron chi connectivity index (χ4n) is 4.35. The van der Waals surface area contributed by atoms with Crippen molar-refractivity contribution in [2.45, 2.75) is 25.0 Å². The molecule has 2 heterocycles. The first kappa shape index (κ1) is 19.3. The highest BCUT2D eigenvalue weighted by Crippen LogP contribution is 2.36. The van der Waals surface area contributed by atoms with Crippen molar-refractivity contribution >= 4 is 17.5 Å². The van der Waals surface area contributed by atoms with Gasteiger partial charge in [-0.1, -0.05) is 18.2 Å². The van der Waals surface area contributed by atoms with Crippen molar-refractivity contribution in [2.24, 2.45) is 11.8 Å². The van der Waals surface area contributed by atoms with Crippen LogP contribution in [0.3, 0.4) is 0 Å². The Hall–Kier alpha value is -2.02. The topological polar surface area (TPSA) is 74.9 Å². The van der Waals surface area contributed by atoms with Crippen LogP contribution >= 0.6 is 11.6 Å². The quantitative estimate of drug-likeness (QED) is 0.774. The summed E-state index contributed by atoms with van der Waals surface area (Å²) < 4.78 is 11.0. The molecule has 4 rings (SSSR count). The standard InChI is InChI=1S/C21H25ClN2O4/c22-20-7-6-19(28-20)21(26)23-17-10-14-12-24(13-15(14)11-18(17)25)8-9-27-16-4-2-1-3-5-16/h1-7,14-15,17-18,25H,8-13H2,(H,23,26)/t14-,15+,17-,18-/m0/s1. The predicted octanol–water partition coefficient (Wildman–Crippen LogP) is 2.81. The molecule has 2 aliphatic rings. The number of likely N-dealkylation sites (tertiary alicyclic amines) is 1. The fourth-order valence-corrected chi connectivity index (χ4v) is 4.50. The number of aliphatic hydroxyl groups is 1. The summed E-state index contributed by atoms with van der Waals surface area (Å²) in [5.41, 5.74) is 0. The lowest BCUT2D eigenvalue weighted by Gasteiger charge is -2.35. The lowest BCUT2D eigenvalue weighted by Crippen LogP contribution is -2.49. The van der Waals surface area contributed by atoms with E-state index in [-0.39, 0.29) is 22.9 Å². The second-order valence-electron chi connectivity index (χ2n) is 7.66. The Bertz CT molecular complexity index is 797. The van der Waals surface area contributed by atoms with E-state index >= 15 is 0 Å². The molecule has 28 heavy (non-hydrogen) atoms. The van der Waals surface area contributed by atoms with Gasteiger partial charge in [-0.3, -0.25) is 9.69 Å². The van der Waals surface area contributed by atoms with Gasteiger partial charge in [0.15, 0.2) is 11.0 Å². The lowest BCUT2D eigenvalue weighted by atomic mass is 9.77. The van der Waals surface area contributed by atoms with Gasteiger partial charge in [-0.25, -0.2) is 0 Å². The van der Waals surface area contributed by atoms with Crippen molar-refractivity contribution < 1.29 is 19.1 Å². The summed E-state index contributed by atoms with van der Waals surface area (Å²) in [5.74, 6) is 1.64. The Morgan fingerprint density at radius 1 is 1.18 bits per heavy atom. The molecule has 6 nitrogen and oxygen atoms in total. The van der Waals surface area contributed by atoms with Gasteiger partial charge in [0.05, 0.1) is 12.1 Å². The molecular formula is C21H25ClN2O4. The number of carbonyl (C=O) groups excluding carboxylic acids is 1. The predicted molar refractivity (Wildman–Crippen MR) is 106 cm³/mol. The number of nitrogens with zero attached hydrogens (tertiary/aromatic N) is 1. The molecule has 0 radical (unpaired) electrons. The maximum Gasteiger partial charge on any atom is 0.287 e. The molecule has 4 atom stereocenters. The number of ether oxygens (including phenoxy) is 1. The molecule has 150 valence electrons. The van der Waals surface area contributed by atoms with Gasteiger partial charge in [-0.05, 0) is 60.5 Å². The number of halogens is 1. The SMILES string of the molecule is O=C(N[C@H]1C[C@H]2CN(CCOc3ccccc3)C[C@H]2C[C@@H]1O)c1ccc(Cl)o1. The van der Waals surface area contributed by atoms with E-state index in [0.717, 1.165) is 31.8 Å². The molecule has 1 amide bonds. The number of furan rings is 1. The first-order chi connectivity index (χ1) is 13.6. The van der Waals surface area contributed by atoms with Crippen LogP contribution in [0.25, 0.3) is 0 Å². The Labute approximate surface area is 169 Å². The minimum absolute atomic E-state index is 0.172. The maximum absolute atomic E-state index is 12.3. The first-order valence-electron chi connectivity index (χ1n) is 9.73. The van der Waals surface area contributed by atoms with Crippen LogP contribution < -0.4 is 10.1 Å². The average Bonchev–Trinajstić information content (AvgIpc) is 3.28. The molecular weight excluding hydrogens is 380 g/mol. The Morgan fingerprint density at radius 3 is 2.64 bits per heavy atom. The minimum atomic E-state index is -0.545. The van der Waals surface area contributed by atoms with Crippen LogP contribution in [0, 0.1) is 11.8 Å². The second kappa shape index (κ2) is 8.55. The van der Waals surface area contributed by atoms with E-state index in [9.17, 15) is 9.90 Å². The summed E-state index contributed by atoms with van der Waals surface area (Å²) >= 11 is 5.73. The zero-order valence-electron chi connectivity index (χ0n) is 15.6. The third-order valence-corrected chi connectivity index (χ3v) is 5.95. The van der Waals surface area contributed by atoms with Crippen LogP contribution in [0.4, 0.5) is 0 Å². The average molecular weight is 405 g/mol. The number of rotatable bonds is 6. The highest BCUT2D eigenvalue weighted by Gasteiger charge is 2.42. The number of hydrogen-bond donors (Lipinski definition) is 2. The van der Waals surface area contributed by atoms with E-state index in [4.69, 9.17) is 20.8 Å². The van der Waals surface area contributed by atoms with Crippen molar-refractivity contribution in [2.75, 3.05) is 26.2 Å². The second-order valence-corrected chi connectivity index (χ2v) is 8.04. The van der Waals surface area contributed by atoms with Crippen LogP contribution in [0.15, 0.2) is 46.9 Å². The van der Waals surface area contributed by atoms with Gasteiger partial charge in [0, 0.05) is 19.6 Å². The van der Waals surface area contributed by atoms with Crippen molar-refractivity contribution in [3.05, 3.63) is 53.4 Å². The van der Waals surface area contributed by atoms with Gasteiger partial charge in [0.2, 0.25) is 0 Å². The zero-order valence-corrected chi connectivity index (χ0v) is 16.3. The van der Waals surface area contributed by atoms with Crippen LogP contribution in [0.2, 0.25) is 5.22 Å². The number of carbonyl (C=O) groups is 1. The van der Waals surface area contributed by atoms with E-state index in [0.29, 0.717) is 24.9 Å². The van der Waals surface area contributed by atoms with Crippen LogP contribution in [0.5, 0.6) is 5.75 Å². The lowest BCUT2D eigenvalue weighted by molar-refractivity contribution is 0.0452. The first-order valence-corrected chi connectivity index (χ1v) is 10.1. The number of fused-ring (bicyclic) bond motifs is 1. The number of aliphatic hydroxyl groups excluding tert-OH is 1. The van der Waals surface area contributed by atoms with Gasteiger partial charge < -0.3 is 19.6 Å². The summed E-state index contributed by atoms with van der Waals surface area (Å²) in [6.45, 7) is 3.44. The van der Waals surface area contributed by atoms with Crippen molar-refractivity contribution in [1.29, 1.82) is 0 Å². The number of para-hydroxylation sites is 1. The molecule has 2 aromatic rings. The van der Waals surface area contributed by atoms with E-state index in [1.807, 2.05) is 30.3 Å². The third kappa shape index (κ3) is 4.51. The summed E-state index contributed by atoms with van der Waals surface area (Å²) in [6.07, 6.45) is 0.920. The molecule has 0 bridgehead atoms. The third-order valence-electron chi connectivity index (χ3n) is 5.75. The Kier molecular flexibility index (Phi) is 5.90. The van der Waals surface area contributed by atoms with Crippen molar-refractivity contribution in [3.63, 3.8) is 0 Å². The smallest absolute Gasteiger partial charge is 0.287 e. The van der Waals surface area contributed by atoms with Gasteiger partial charge in [-0.2, -0.15) is 0 Å². The Balaban J connectivity index is 1.26. The van der Waals surface area contributed by atoms with Gasteiger partial charge in [-0.15, -0.1) is 0 Å². The summed E-state index contributed by atoms with van der Waals surface area (Å²) in [7, 11) is 0.